The van der Waals surface area contributed by atoms with Crippen LogP contribution in [0.2, 0.25) is 0 Å². The van der Waals surface area contributed by atoms with Crippen molar-refractivity contribution in [1.29, 1.82) is 0 Å². The van der Waals surface area contributed by atoms with Crippen molar-refractivity contribution in [2.45, 2.75) is 6.42 Å². The molecule has 80 valence electrons. The molecule has 16 heavy (non-hydrogen) atoms. The minimum atomic E-state index is 0.0896. The highest BCUT2D eigenvalue weighted by Gasteiger charge is 2.24. The molecule has 0 bridgehead atoms. The molecule has 1 aliphatic heterocycles. The molecule has 0 atom stereocenters. The van der Waals surface area contributed by atoms with Crippen LogP contribution < -0.4 is 5.32 Å². The number of hydrogen-bond donors (Lipinski definition) is 1. The van der Waals surface area contributed by atoms with Crippen molar-refractivity contribution in [3.63, 3.8) is 0 Å². The van der Waals surface area contributed by atoms with Gasteiger partial charge in [0.25, 0.3) is 0 Å². The summed E-state index contributed by atoms with van der Waals surface area (Å²) >= 11 is 3.33. The molecule has 0 aromatic carbocycles. The first kappa shape index (κ1) is 9.81. The quantitative estimate of drug-likeness (QED) is 0.867. The molecule has 0 saturated heterocycles. The highest BCUT2D eigenvalue weighted by molar-refractivity contribution is 7.12. The second-order valence-electron chi connectivity index (χ2n) is 3.53. The molecular formula is C12H9NOS2. The molecular weight excluding hydrogens is 238 g/mol. The summed E-state index contributed by atoms with van der Waals surface area (Å²) in [6, 6.07) is 8.12. The zero-order chi connectivity index (χ0) is 11.0. The predicted octanol–water partition coefficient (Wildman–Crippen LogP) is 3.20. The lowest BCUT2D eigenvalue weighted by Crippen LogP contribution is -2.13. The van der Waals surface area contributed by atoms with E-state index in [1.165, 1.54) is 4.88 Å². The summed E-state index contributed by atoms with van der Waals surface area (Å²) < 4.78 is 0. The molecule has 1 N–H and O–H groups in total. The van der Waals surface area contributed by atoms with Crippen LogP contribution in [-0.2, 0) is 4.79 Å². The van der Waals surface area contributed by atoms with E-state index in [4.69, 9.17) is 0 Å². The maximum absolute atomic E-state index is 11.5. The van der Waals surface area contributed by atoms with Crippen LogP contribution in [0.5, 0.6) is 0 Å². The van der Waals surface area contributed by atoms with Gasteiger partial charge >= 0.3 is 0 Å². The van der Waals surface area contributed by atoms with Gasteiger partial charge in [-0.1, -0.05) is 12.1 Å². The number of rotatable bonds is 2. The fourth-order valence-corrected chi connectivity index (χ4v) is 3.33. The summed E-state index contributed by atoms with van der Waals surface area (Å²) in [5, 5.41) is 7.02. The van der Waals surface area contributed by atoms with Gasteiger partial charge in [-0.2, -0.15) is 0 Å². The van der Waals surface area contributed by atoms with Crippen molar-refractivity contribution in [1.82, 2.24) is 5.32 Å². The molecule has 0 unspecified atom stereocenters. The Kier molecular flexibility index (Phi) is 2.38. The van der Waals surface area contributed by atoms with Gasteiger partial charge in [-0.05, 0) is 22.9 Å². The maximum atomic E-state index is 11.5. The highest BCUT2D eigenvalue weighted by atomic mass is 32.1. The summed E-state index contributed by atoms with van der Waals surface area (Å²) in [5.74, 6) is 0.0896. The standard InChI is InChI=1S/C12H9NOS2/c14-11-7-8(9-3-1-5-15-9)12(13-11)10-4-2-6-16-10/h1-6H,7H2,(H,13,14). The van der Waals surface area contributed by atoms with E-state index in [1.54, 1.807) is 22.7 Å². The van der Waals surface area contributed by atoms with Crippen LogP contribution in [-0.4, -0.2) is 5.91 Å². The Labute approximate surface area is 101 Å². The molecule has 1 aliphatic rings. The number of nitrogens with one attached hydrogen (secondary N) is 1. The fraction of sp³-hybridized carbons (Fsp3) is 0.0833. The average molecular weight is 247 g/mol. The van der Waals surface area contributed by atoms with Crippen LogP contribution in [0.25, 0.3) is 11.3 Å². The van der Waals surface area contributed by atoms with Crippen molar-refractivity contribution >= 4 is 39.9 Å². The highest BCUT2D eigenvalue weighted by Crippen LogP contribution is 2.35. The zero-order valence-corrected chi connectivity index (χ0v) is 10.0. The van der Waals surface area contributed by atoms with E-state index in [0.29, 0.717) is 6.42 Å². The van der Waals surface area contributed by atoms with Gasteiger partial charge in [0, 0.05) is 10.5 Å². The van der Waals surface area contributed by atoms with E-state index in [9.17, 15) is 4.79 Å². The molecule has 0 radical (unpaired) electrons. The first-order valence-corrected chi connectivity index (χ1v) is 6.71. The Morgan fingerprint density at radius 2 is 1.75 bits per heavy atom. The second-order valence-corrected chi connectivity index (χ2v) is 5.43. The summed E-state index contributed by atoms with van der Waals surface area (Å²) in [5.41, 5.74) is 2.12. The summed E-state index contributed by atoms with van der Waals surface area (Å²) in [6.07, 6.45) is 0.494. The Hall–Kier alpha value is -1.39. The van der Waals surface area contributed by atoms with Gasteiger partial charge in [0.15, 0.2) is 0 Å². The third-order valence-corrected chi connectivity index (χ3v) is 4.31. The molecule has 1 amide bonds. The molecule has 0 spiro atoms. The first-order valence-electron chi connectivity index (χ1n) is 4.95. The molecule has 2 nitrogen and oxygen atoms in total. The van der Waals surface area contributed by atoms with Gasteiger partial charge < -0.3 is 5.32 Å². The van der Waals surface area contributed by atoms with Crippen LogP contribution >= 0.6 is 22.7 Å². The molecule has 3 rings (SSSR count). The number of carbonyl (C=O) groups excluding carboxylic acids is 1. The van der Waals surface area contributed by atoms with Crippen LogP contribution in [0.4, 0.5) is 0 Å². The van der Waals surface area contributed by atoms with Crippen LogP contribution in [0.3, 0.4) is 0 Å². The predicted molar refractivity (Wildman–Crippen MR) is 68.2 cm³/mol. The van der Waals surface area contributed by atoms with Crippen LogP contribution in [0, 0.1) is 0 Å². The topological polar surface area (TPSA) is 29.1 Å². The lowest BCUT2D eigenvalue weighted by Gasteiger charge is -2.01. The Morgan fingerprint density at radius 3 is 2.38 bits per heavy atom. The number of carbonyl (C=O) groups is 1. The summed E-state index contributed by atoms with van der Waals surface area (Å²) in [6.45, 7) is 0. The molecule has 0 saturated carbocycles. The minimum absolute atomic E-state index is 0.0896. The van der Waals surface area contributed by atoms with E-state index in [-0.39, 0.29) is 5.91 Å². The number of thiophene rings is 2. The van der Waals surface area contributed by atoms with Crippen LogP contribution in [0.15, 0.2) is 35.0 Å². The smallest absolute Gasteiger partial charge is 0.228 e. The van der Waals surface area contributed by atoms with Crippen molar-refractivity contribution in [2.24, 2.45) is 0 Å². The zero-order valence-electron chi connectivity index (χ0n) is 8.40. The SMILES string of the molecule is O=C1CC(c2cccs2)=C(c2cccs2)N1. The Balaban J connectivity index is 2.11. The van der Waals surface area contributed by atoms with Crippen molar-refractivity contribution in [3.05, 3.63) is 44.8 Å². The summed E-state index contributed by atoms with van der Waals surface area (Å²) in [4.78, 5) is 13.8. The Morgan fingerprint density at radius 1 is 1.06 bits per heavy atom. The van der Waals surface area contributed by atoms with Gasteiger partial charge in [-0.3, -0.25) is 4.79 Å². The first-order chi connectivity index (χ1) is 7.84. The third-order valence-electron chi connectivity index (χ3n) is 2.49. The minimum Gasteiger partial charge on any atom is -0.324 e. The van der Waals surface area contributed by atoms with Crippen molar-refractivity contribution < 1.29 is 4.79 Å². The molecule has 2 aromatic rings. The monoisotopic (exact) mass is 247 g/mol. The van der Waals surface area contributed by atoms with E-state index in [0.717, 1.165) is 16.1 Å². The van der Waals surface area contributed by atoms with E-state index < -0.39 is 0 Å². The lowest BCUT2D eigenvalue weighted by molar-refractivity contribution is -0.118. The largest absolute Gasteiger partial charge is 0.324 e. The van der Waals surface area contributed by atoms with Crippen molar-refractivity contribution in [2.75, 3.05) is 0 Å². The van der Waals surface area contributed by atoms with Crippen LogP contribution in [0.1, 0.15) is 16.2 Å². The van der Waals surface area contributed by atoms with Gasteiger partial charge in [0.2, 0.25) is 5.91 Å². The molecule has 3 heterocycles. The molecule has 4 heteroatoms. The van der Waals surface area contributed by atoms with E-state index in [2.05, 4.69) is 11.4 Å². The molecule has 0 aliphatic carbocycles. The van der Waals surface area contributed by atoms with E-state index >= 15 is 0 Å². The number of hydrogen-bond acceptors (Lipinski definition) is 3. The number of amides is 1. The molecule has 0 fully saturated rings. The fourth-order valence-electron chi connectivity index (χ4n) is 1.80. The van der Waals surface area contributed by atoms with Gasteiger partial charge in [0.05, 0.1) is 17.0 Å². The van der Waals surface area contributed by atoms with Crippen molar-refractivity contribution in [3.8, 4) is 0 Å². The van der Waals surface area contributed by atoms with Gasteiger partial charge in [-0.25, -0.2) is 0 Å². The van der Waals surface area contributed by atoms with Gasteiger partial charge in [-0.15, -0.1) is 22.7 Å². The lowest BCUT2D eigenvalue weighted by atomic mass is 10.1. The normalized spacial score (nSPS) is 15.6. The third kappa shape index (κ3) is 1.60. The molecule has 2 aromatic heterocycles. The van der Waals surface area contributed by atoms with E-state index in [1.807, 2.05) is 29.0 Å². The average Bonchev–Trinajstić information content (AvgIpc) is 2.98. The second kappa shape index (κ2) is 3.88. The summed E-state index contributed by atoms with van der Waals surface area (Å²) in [7, 11) is 0. The Bertz CT molecular complexity index is 489. The van der Waals surface area contributed by atoms with Gasteiger partial charge in [0.1, 0.15) is 0 Å². The maximum Gasteiger partial charge on any atom is 0.228 e.